The Hall–Kier alpha value is -3.84. The van der Waals surface area contributed by atoms with Crippen molar-refractivity contribution in [2.45, 2.75) is 0 Å². The maximum atomic E-state index is 4.89. The number of hydrogen-bond acceptors (Lipinski definition) is 2. The molecule has 0 bridgehead atoms. The van der Waals surface area contributed by atoms with Crippen LogP contribution >= 0.6 is 20.6 Å². The molecule has 2 aromatic heterocycles. The van der Waals surface area contributed by atoms with E-state index in [9.17, 15) is 0 Å². The van der Waals surface area contributed by atoms with Gasteiger partial charge in [-0.1, -0.05) is 91.0 Å². The van der Waals surface area contributed by atoms with Crippen molar-refractivity contribution in [3.8, 4) is 33.5 Å². The van der Waals surface area contributed by atoms with E-state index in [0.717, 1.165) is 11.3 Å². The smallest absolute Gasteiger partial charge is 0.0716 e. The molecule has 7 rings (SSSR count). The molecule has 1 atom stereocenters. The molecule has 0 aliphatic heterocycles. The zero-order valence-corrected chi connectivity index (χ0v) is 21.5. The minimum absolute atomic E-state index is 1.01. The second-order valence-electron chi connectivity index (χ2n) is 9.11. The highest BCUT2D eigenvalue weighted by molar-refractivity contribution is 7.27. The van der Waals surface area contributed by atoms with Gasteiger partial charge in [0, 0.05) is 37.5 Å². The van der Waals surface area contributed by atoms with E-state index in [2.05, 4.69) is 125 Å². The average Bonchev–Trinajstić information content (AvgIpc) is 3.32. The third-order valence-corrected chi connectivity index (χ3v) is 8.47. The SMILES string of the molecule is Pc1ccc(-c2ccc3cc(-c4ccc(-c5cccc6c5sc5ccccc56)nc4)ccc3c2)cc1. The summed E-state index contributed by atoms with van der Waals surface area (Å²) < 4.78 is 2.62. The Morgan fingerprint density at radius 3 is 1.97 bits per heavy atom. The van der Waals surface area contributed by atoms with Gasteiger partial charge in [0.25, 0.3) is 0 Å². The molecule has 36 heavy (non-hydrogen) atoms. The summed E-state index contributed by atoms with van der Waals surface area (Å²) in [5.74, 6) is 0. The Bertz CT molecular complexity index is 1880. The van der Waals surface area contributed by atoms with Crippen molar-refractivity contribution in [2.75, 3.05) is 0 Å². The first-order chi connectivity index (χ1) is 17.7. The van der Waals surface area contributed by atoms with E-state index in [1.54, 1.807) is 0 Å². The van der Waals surface area contributed by atoms with E-state index >= 15 is 0 Å². The minimum Gasteiger partial charge on any atom is -0.256 e. The van der Waals surface area contributed by atoms with Crippen LogP contribution in [0.4, 0.5) is 0 Å². The fourth-order valence-electron chi connectivity index (χ4n) is 4.95. The van der Waals surface area contributed by atoms with Gasteiger partial charge < -0.3 is 0 Å². The Morgan fingerprint density at radius 2 is 1.22 bits per heavy atom. The molecular weight excluding hydrogens is 473 g/mol. The van der Waals surface area contributed by atoms with Crippen molar-refractivity contribution < 1.29 is 0 Å². The van der Waals surface area contributed by atoms with Gasteiger partial charge in [-0.05, 0) is 57.0 Å². The molecule has 5 aromatic carbocycles. The molecule has 3 heteroatoms. The highest BCUT2D eigenvalue weighted by Gasteiger charge is 2.11. The highest BCUT2D eigenvalue weighted by Crippen LogP contribution is 2.39. The van der Waals surface area contributed by atoms with Crippen LogP contribution in [-0.2, 0) is 0 Å². The molecule has 1 unspecified atom stereocenters. The maximum absolute atomic E-state index is 4.89. The third kappa shape index (κ3) is 3.71. The van der Waals surface area contributed by atoms with E-state index < -0.39 is 0 Å². The molecule has 0 aliphatic carbocycles. The van der Waals surface area contributed by atoms with Gasteiger partial charge in [0.2, 0.25) is 0 Å². The zero-order chi connectivity index (χ0) is 24.1. The van der Waals surface area contributed by atoms with Gasteiger partial charge in [-0.25, -0.2) is 0 Å². The van der Waals surface area contributed by atoms with Gasteiger partial charge in [0.15, 0.2) is 0 Å². The van der Waals surface area contributed by atoms with Gasteiger partial charge in [0.1, 0.15) is 0 Å². The number of pyridine rings is 1. The summed E-state index contributed by atoms with van der Waals surface area (Å²) in [6, 6.07) is 41.4. The monoisotopic (exact) mass is 495 g/mol. The molecule has 1 nitrogen and oxygen atoms in total. The second kappa shape index (κ2) is 8.68. The average molecular weight is 496 g/mol. The number of hydrogen-bond donors (Lipinski definition) is 0. The highest BCUT2D eigenvalue weighted by atomic mass is 32.1. The normalized spacial score (nSPS) is 11.5. The van der Waals surface area contributed by atoms with Crippen molar-refractivity contribution in [3.05, 3.63) is 121 Å². The Balaban J connectivity index is 1.23. The molecule has 0 amide bonds. The van der Waals surface area contributed by atoms with Gasteiger partial charge >= 0.3 is 0 Å². The van der Waals surface area contributed by atoms with Crippen LogP contribution in [0.5, 0.6) is 0 Å². The quantitative estimate of drug-likeness (QED) is 0.223. The Morgan fingerprint density at radius 1 is 0.556 bits per heavy atom. The van der Waals surface area contributed by atoms with Crippen LogP contribution in [0.2, 0.25) is 0 Å². The summed E-state index contributed by atoms with van der Waals surface area (Å²) in [7, 11) is 2.74. The first-order valence-corrected chi connectivity index (χ1v) is 13.4. The van der Waals surface area contributed by atoms with Gasteiger partial charge in [-0.15, -0.1) is 20.6 Å². The molecule has 0 N–H and O–H groups in total. The Labute approximate surface area is 216 Å². The third-order valence-electron chi connectivity index (χ3n) is 6.86. The van der Waals surface area contributed by atoms with Crippen LogP contribution in [0.15, 0.2) is 121 Å². The van der Waals surface area contributed by atoms with Gasteiger partial charge in [-0.3, -0.25) is 4.98 Å². The van der Waals surface area contributed by atoms with Crippen molar-refractivity contribution in [1.82, 2.24) is 4.98 Å². The van der Waals surface area contributed by atoms with Crippen molar-refractivity contribution in [2.24, 2.45) is 0 Å². The van der Waals surface area contributed by atoms with Crippen LogP contribution in [0.25, 0.3) is 64.5 Å². The molecule has 170 valence electrons. The fraction of sp³-hybridized carbons (Fsp3) is 0. The summed E-state index contributed by atoms with van der Waals surface area (Å²) in [5, 5.41) is 6.30. The van der Waals surface area contributed by atoms with E-state index in [-0.39, 0.29) is 0 Å². The van der Waals surface area contributed by atoms with Crippen LogP contribution in [0.1, 0.15) is 0 Å². The fourth-order valence-corrected chi connectivity index (χ4v) is 6.37. The van der Waals surface area contributed by atoms with Crippen LogP contribution < -0.4 is 5.30 Å². The number of fused-ring (bicyclic) bond motifs is 4. The summed E-state index contributed by atoms with van der Waals surface area (Å²) in [4.78, 5) is 4.89. The predicted molar refractivity (Wildman–Crippen MR) is 160 cm³/mol. The number of thiophene rings is 1. The molecule has 0 spiro atoms. The summed E-state index contributed by atoms with van der Waals surface area (Å²) in [6.45, 7) is 0. The van der Waals surface area contributed by atoms with E-state index in [1.165, 1.54) is 58.5 Å². The maximum Gasteiger partial charge on any atom is 0.0716 e. The molecule has 0 fully saturated rings. The lowest BCUT2D eigenvalue weighted by molar-refractivity contribution is 1.33. The van der Waals surface area contributed by atoms with Crippen molar-refractivity contribution in [1.29, 1.82) is 0 Å². The van der Waals surface area contributed by atoms with Crippen molar-refractivity contribution >= 4 is 56.8 Å². The number of aromatic nitrogens is 1. The molecule has 0 saturated heterocycles. The standard InChI is InChI=1S/C33H22NPS/c35-27-15-12-21(13-16-27)22-8-9-24-19-25(11-10-23(24)18-22)26-14-17-31(34-20-26)30-6-3-5-29-28-4-1-2-7-32(28)36-33(29)30/h1-20H,35H2. The second-order valence-corrected chi connectivity index (χ2v) is 10.8. The first kappa shape index (κ1) is 21.4. The molecule has 0 saturated carbocycles. The molecule has 0 aliphatic rings. The van der Waals surface area contributed by atoms with E-state index in [4.69, 9.17) is 4.98 Å². The van der Waals surface area contributed by atoms with Gasteiger partial charge in [-0.2, -0.15) is 0 Å². The minimum atomic E-state index is 1.01. The molecular formula is C33H22NPS. The molecule has 2 heterocycles. The van der Waals surface area contributed by atoms with Crippen LogP contribution in [0, 0.1) is 0 Å². The number of benzene rings is 5. The summed E-state index contributed by atoms with van der Waals surface area (Å²) in [5.41, 5.74) is 6.99. The predicted octanol–water partition coefficient (Wildman–Crippen LogP) is 9.10. The summed E-state index contributed by atoms with van der Waals surface area (Å²) in [6.07, 6.45) is 2.00. The lowest BCUT2D eigenvalue weighted by Gasteiger charge is -2.08. The van der Waals surface area contributed by atoms with E-state index in [0.29, 0.717) is 0 Å². The molecule has 7 aromatic rings. The number of rotatable bonds is 3. The Kier molecular flexibility index (Phi) is 5.17. The molecule has 0 radical (unpaired) electrons. The zero-order valence-electron chi connectivity index (χ0n) is 19.5. The first-order valence-electron chi connectivity index (χ1n) is 12.0. The van der Waals surface area contributed by atoms with Crippen LogP contribution in [-0.4, -0.2) is 4.98 Å². The van der Waals surface area contributed by atoms with E-state index in [1.807, 2.05) is 17.5 Å². The largest absolute Gasteiger partial charge is 0.256 e. The van der Waals surface area contributed by atoms with Crippen LogP contribution in [0.3, 0.4) is 0 Å². The lowest BCUT2D eigenvalue weighted by atomic mass is 9.98. The lowest BCUT2D eigenvalue weighted by Crippen LogP contribution is -1.88. The van der Waals surface area contributed by atoms with Crippen molar-refractivity contribution in [3.63, 3.8) is 0 Å². The van der Waals surface area contributed by atoms with Gasteiger partial charge in [0.05, 0.1) is 5.69 Å². The number of nitrogens with zero attached hydrogens (tertiary/aromatic N) is 1. The summed E-state index contributed by atoms with van der Waals surface area (Å²) >= 11 is 1.84. The topological polar surface area (TPSA) is 12.9 Å².